The minimum absolute atomic E-state index is 0.560. The normalized spacial score (nSPS) is 20.0. The van der Waals surface area contributed by atoms with Crippen LogP contribution >= 0.6 is 0 Å². The van der Waals surface area contributed by atoms with Crippen LogP contribution in [0.4, 0.5) is 0 Å². The van der Waals surface area contributed by atoms with Gasteiger partial charge in [-0.05, 0) is 0 Å². The third-order valence-corrected chi connectivity index (χ3v) is 1.20. The molecule has 0 unspecified atom stereocenters. The maximum atomic E-state index is 2.97. The van der Waals surface area contributed by atoms with E-state index < -0.39 is 0 Å². The Labute approximate surface area is 46.0 Å². The van der Waals surface area contributed by atoms with Gasteiger partial charge < -0.3 is 0 Å². The van der Waals surface area contributed by atoms with E-state index in [9.17, 15) is 0 Å². The molecule has 0 saturated carbocycles. The molecule has 0 saturated heterocycles. The van der Waals surface area contributed by atoms with Crippen molar-refractivity contribution in [3.8, 4) is 0 Å². The monoisotopic (exact) mass is 117 g/mol. The molecule has 0 aromatic heterocycles. The zero-order chi connectivity index (χ0) is 4.41. The Morgan fingerprint density at radius 3 is 1.83 bits per heavy atom. The van der Waals surface area contributed by atoms with Crippen LogP contribution in [0.3, 0.4) is 0 Å². The van der Waals surface area contributed by atoms with Crippen molar-refractivity contribution in [2.75, 3.05) is 0 Å². The Balaban J connectivity index is 2.60. The fourth-order valence-electron chi connectivity index (χ4n) is 0.411. The molecule has 0 aromatic rings. The van der Waals surface area contributed by atoms with Gasteiger partial charge in [0, 0.05) is 0 Å². The molecule has 0 N–H and O–H groups in total. The van der Waals surface area contributed by atoms with Crippen LogP contribution in [0.2, 0.25) is 4.78 Å². The first-order valence-corrected chi connectivity index (χ1v) is 2.64. The van der Waals surface area contributed by atoms with Crippen LogP contribution in [0.1, 0.15) is 0 Å². The summed E-state index contributed by atoms with van der Waals surface area (Å²) in [5.74, 6) is 0. The Kier molecular flexibility index (Phi) is 1.14. The summed E-state index contributed by atoms with van der Waals surface area (Å²) in [7, 11) is 0. The molecule has 1 aliphatic carbocycles. The SMILES string of the molecule is [Cr+][CH]1C=CC=C1. The number of hydrogen-bond donors (Lipinski definition) is 0. The average Bonchev–Trinajstić information content (AvgIpc) is 1.86. The summed E-state index contributed by atoms with van der Waals surface area (Å²) in [5.41, 5.74) is 0. The third-order valence-electron chi connectivity index (χ3n) is 0.713. The van der Waals surface area contributed by atoms with Gasteiger partial charge in [-0.25, -0.2) is 0 Å². The molecule has 0 aliphatic heterocycles. The summed E-state index contributed by atoms with van der Waals surface area (Å²) < 4.78 is 0.560. The number of hydrogen-bond acceptors (Lipinski definition) is 0. The molecule has 0 radical (unpaired) electrons. The van der Waals surface area contributed by atoms with E-state index >= 15 is 0 Å². The molecule has 0 spiro atoms. The molecule has 6 heavy (non-hydrogen) atoms. The van der Waals surface area contributed by atoms with Crippen LogP contribution in [0.5, 0.6) is 0 Å². The standard InChI is InChI=1S/C5H5.Cr/c1-2-4-5-3-1;/h1-5H;/q;+1. The molecule has 0 aromatic carbocycles. The van der Waals surface area contributed by atoms with Crippen molar-refractivity contribution in [3.05, 3.63) is 24.3 Å². The van der Waals surface area contributed by atoms with Crippen molar-refractivity contribution < 1.29 is 16.3 Å². The van der Waals surface area contributed by atoms with Crippen LogP contribution in [-0.4, -0.2) is 0 Å². The van der Waals surface area contributed by atoms with Crippen LogP contribution in [0, 0.1) is 0 Å². The van der Waals surface area contributed by atoms with Gasteiger partial charge in [0.15, 0.2) is 0 Å². The molecule has 0 atom stereocenters. The summed E-state index contributed by atoms with van der Waals surface area (Å²) in [6, 6.07) is 0. The number of allylic oxidation sites excluding steroid dienone is 4. The van der Waals surface area contributed by atoms with E-state index in [4.69, 9.17) is 0 Å². The molecule has 0 nitrogen and oxygen atoms in total. The fourth-order valence-corrected chi connectivity index (χ4v) is 0.695. The topological polar surface area (TPSA) is 0 Å². The molecule has 0 fully saturated rings. The third kappa shape index (κ3) is 0.740. The zero-order valence-corrected chi connectivity index (χ0v) is 4.57. The zero-order valence-electron chi connectivity index (χ0n) is 3.29. The maximum absolute atomic E-state index is 2.97. The average molecular weight is 117 g/mol. The second kappa shape index (κ2) is 1.64. The van der Waals surface area contributed by atoms with Gasteiger partial charge in [-0.15, -0.1) is 0 Å². The van der Waals surface area contributed by atoms with E-state index in [0.29, 0.717) is 4.78 Å². The second-order valence-corrected chi connectivity index (χ2v) is 2.08. The van der Waals surface area contributed by atoms with Crippen molar-refractivity contribution in [2.24, 2.45) is 0 Å². The molecule has 1 rings (SSSR count). The number of rotatable bonds is 0. The van der Waals surface area contributed by atoms with Crippen molar-refractivity contribution >= 4 is 0 Å². The molecule has 30 valence electrons. The molecular formula is C5H5Cr+. The Bertz CT molecular complexity index is 80.1. The minimum atomic E-state index is 0.560. The fraction of sp³-hybridized carbons (Fsp3) is 0.200. The summed E-state index contributed by atoms with van der Waals surface area (Å²) in [4.78, 5) is 0. The van der Waals surface area contributed by atoms with Gasteiger partial charge in [-0.2, -0.15) is 0 Å². The van der Waals surface area contributed by atoms with Gasteiger partial charge >= 0.3 is 45.4 Å². The second-order valence-electron chi connectivity index (χ2n) is 1.23. The Morgan fingerprint density at radius 1 is 1.17 bits per heavy atom. The Morgan fingerprint density at radius 2 is 1.67 bits per heavy atom. The van der Waals surface area contributed by atoms with E-state index in [1.165, 1.54) is 0 Å². The molecule has 1 heteroatoms. The molecule has 0 heterocycles. The predicted octanol–water partition coefficient (Wildman–Crippen LogP) is 1.45. The van der Waals surface area contributed by atoms with Crippen molar-refractivity contribution in [3.63, 3.8) is 0 Å². The van der Waals surface area contributed by atoms with Crippen LogP contribution in [-0.2, 0) is 16.3 Å². The van der Waals surface area contributed by atoms with Gasteiger partial charge in [0.2, 0.25) is 0 Å². The quantitative estimate of drug-likeness (QED) is 0.450. The molecule has 1 aliphatic rings. The predicted molar refractivity (Wildman–Crippen MR) is 22.0 cm³/mol. The van der Waals surface area contributed by atoms with Gasteiger partial charge in [0.1, 0.15) is 0 Å². The van der Waals surface area contributed by atoms with Crippen LogP contribution in [0.15, 0.2) is 24.3 Å². The van der Waals surface area contributed by atoms with E-state index in [2.05, 4.69) is 28.4 Å². The molecule has 0 amide bonds. The van der Waals surface area contributed by atoms with E-state index in [1.54, 1.807) is 0 Å². The van der Waals surface area contributed by atoms with Crippen molar-refractivity contribution in [2.45, 2.75) is 4.78 Å². The van der Waals surface area contributed by atoms with E-state index in [1.807, 2.05) is 12.2 Å². The van der Waals surface area contributed by atoms with Crippen LogP contribution < -0.4 is 0 Å². The molecule has 0 bridgehead atoms. The first-order valence-electron chi connectivity index (χ1n) is 1.90. The van der Waals surface area contributed by atoms with Gasteiger partial charge in [0.25, 0.3) is 0 Å². The first kappa shape index (κ1) is 4.18. The summed E-state index contributed by atoms with van der Waals surface area (Å²) in [5, 5.41) is 0. The first-order chi connectivity index (χ1) is 2.89. The summed E-state index contributed by atoms with van der Waals surface area (Å²) >= 11 is 2.97. The molecular weight excluding hydrogens is 112 g/mol. The van der Waals surface area contributed by atoms with Gasteiger partial charge in [0.05, 0.1) is 0 Å². The van der Waals surface area contributed by atoms with Gasteiger partial charge in [-0.1, -0.05) is 0 Å². The van der Waals surface area contributed by atoms with E-state index in [-0.39, 0.29) is 0 Å². The summed E-state index contributed by atoms with van der Waals surface area (Å²) in [6.45, 7) is 0. The van der Waals surface area contributed by atoms with Gasteiger partial charge in [-0.3, -0.25) is 0 Å². The summed E-state index contributed by atoms with van der Waals surface area (Å²) in [6.07, 6.45) is 8.31. The van der Waals surface area contributed by atoms with E-state index in [0.717, 1.165) is 0 Å². The van der Waals surface area contributed by atoms with Crippen molar-refractivity contribution in [1.82, 2.24) is 0 Å². The van der Waals surface area contributed by atoms with Crippen LogP contribution in [0.25, 0.3) is 0 Å². The Hall–Kier alpha value is 0.0125. The van der Waals surface area contributed by atoms with Crippen molar-refractivity contribution in [1.29, 1.82) is 0 Å².